The van der Waals surface area contributed by atoms with E-state index in [2.05, 4.69) is 17.4 Å². The molecule has 2 nitrogen and oxygen atoms in total. The lowest BCUT2D eigenvalue weighted by Crippen LogP contribution is -2.21. The zero-order valence-electron chi connectivity index (χ0n) is 11.4. The molecule has 0 aliphatic rings. The maximum absolute atomic E-state index is 6.02. The normalized spacial score (nSPS) is 12.6. The van der Waals surface area contributed by atoms with Crippen molar-refractivity contribution in [3.63, 3.8) is 0 Å². The molecule has 1 unspecified atom stereocenters. The van der Waals surface area contributed by atoms with Crippen molar-refractivity contribution in [1.29, 1.82) is 0 Å². The summed E-state index contributed by atoms with van der Waals surface area (Å²) < 4.78 is 5.39. The Morgan fingerprint density at radius 2 is 2.22 bits per heavy atom. The van der Waals surface area contributed by atoms with Gasteiger partial charge in [0.2, 0.25) is 0 Å². The van der Waals surface area contributed by atoms with Gasteiger partial charge in [0.15, 0.2) is 0 Å². The summed E-state index contributed by atoms with van der Waals surface area (Å²) in [4.78, 5) is 0. The van der Waals surface area contributed by atoms with Gasteiger partial charge in [0, 0.05) is 18.2 Å². The quantitative estimate of drug-likeness (QED) is 0.693. The van der Waals surface area contributed by atoms with Crippen LogP contribution in [0.1, 0.15) is 25.3 Å². The van der Waals surface area contributed by atoms with E-state index in [1.165, 1.54) is 12.0 Å². The highest BCUT2D eigenvalue weighted by molar-refractivity contribution is 6.30. The minimum absolute atomic E-state index is 0.647. The van der Waals surface area contributed by atoms with Gasteiger partial charge in [0.05, 0.1) is 0 Å². The standard InChI is InChI=1S/C15H24ClNO/c1-3-18-9-5-7-14(12-17-2)10-13-6-4-8-15(16)11-13/h4,6,8,11,14,17H,3,5,7,9-10,12H2,1-2H3. The molecule has 0 bridgehead atoms. The van der Waals surface area contributed by atoms with Gasteiger partial charge in [-0.3, -0.25) is 0 Å². The molecule has 18 heavy (non-hydrogen) atoms. The van der Waals surface area contributed by atoms with Crippen molar-refractivity contribution in [2.24, 2.45) is 5.92 Å². The number of halogens is 1. The molecule has 0 spiro atoms. The third-order valence-electron chi connectivity index (χ3n) is 3.01. The number of hydrogen-bond donors (Lipinski definition) is 1. The summed E-state index contributed by atoms with van der Waals surface area (Å²) in [6.07, 6.45) is 3.39. The first kappa shape index (κ1) is 15.5. The number of ether oxygens (including phenoxy) is 1. The summed E-state index contributed by atoms with van der Waals surface area (Å²) in [5, 5.41) is 4.09. The Hall–Kier alpha value is -0.570. The molecule has 0 radical (unpaired) electrons. The molecule has 1 aromatic carbocycles. The van der Waals surface area contributed by atoms with Crippen molar-refractivity contribution in [3.8, 4) is 0 Å². The summed E-state index contributed by atoms with van der Waals surface area (Å²) in [5.41, 5.74) is 1.32. The molecule has 1 aromatic rings. The molecule has 102 valence electrons. The minimum Gasteiger partial charge on any atom is -0.382 e. The second-order valence-corrected chi connectivity index (χ2v) is 5.03. The van der Waals surface area contributed by atoms with E-state index < -0.39 is 0 Å². The van der Waals surface area contributed by atoms with Gasteiger partial charge in [-0.1, -0.05) is 23.7 Å². The predicted molar refractivity (Wildman–Crippen MR) is 78.3 cm³/mol. The van der Waals surface area contributed by atoms with E-state index in [0.29, 0.717) is 5.92 Å². The van der Waals surface area contributed by atoms with Crippen molar-refractivity contribution in [1.82, 2.24) is 5.32 Å². The van der Waals surface area contributed by atoms with Gasteiger partial charge in [-0.15, -0.1) is 0 Å². The van der Waals surface area contributed by atoms with Crippen LogP contribution in [0.3, 0.4) is 0 Å². The molecule has 1 atom stereocenters. The van der Waals surface area contributed by atoms with Crippen molar-refractivity contribution < 1.29 is 4.74 Å². The number of hydrogen-bond acceptors (Lipinski definition) is 2. The van der Waals surface area contributed by atoms with Crippen LogP contribution in [0.15, 0.2) is 24.3 Å². The van der Waals surface area contributed by atoms with Crippen molar-refractivity contribution >= 4 is 11.6 Å². The van der Waals surface area contributed by atoms with Crippen LogP contribution in [0.25, 0.3) is 0 Å². The van der Waals surface area contributed by atoms with E-state index in [1.54, 1.807) is 0 Å². The Bertz CT molecular complexity index is 330. The van der Waals surface area contributed by atoms with Crippen LogP contribution in [0, 0.1) is 5.92 Å². The zero-order valence-corrected chi connectivity index (χ0v) is 12.2. The van der Waals surface area contributed by atoms with E-state index in [1.807, 2.05) is 26.1 Å². The smallest absolute Gasteiger partial charge is 0.0466 e. The first-order valence-corrected chi connectivity index (χ1v) is 7.10. The van der Waals surface area contributed by atoms with Crippen LogP contribution in [-0.2, 0) is 11.2 Å². The molecular formula is C15H24ClNO. The van der Waals surface area contributed by atoms with Crippen LogP contribution in [0.2, 0.25) is 5.02 Å². The van der Waals surface area contributed by atoms with Crippen LogP contribution < -0.4 is 5.32 Å². The summed E-state index contributed by atoms with van der Waals surface area (Å²) in [6, 6.07) is 8.16. The fraction of sp³-hybridized carbons (Fsp3) is 0.600. The van der Waals surface area contributed by atoms with E-state index in [4.69, 9.17) is 16.3 Å². The Kier molecular flexibility index (Phi) is 8.06. The molecule has 1 rings (SSSR count). The van der Waals surface area contributed by atoms with Gasteiger partial charge in [0.1, 0.15) is 0 Å². The summed E-state index contributed by atoms with van der Waals surface area (Å²) in [5.74, 6) is 0.647. The van der Waals surface area contributed by atoms with Crippen LogP contribution >= 0.6 is 11.6 Å². The molecule has 1 N–H and O–H groups in total. The third-order valence-corrected chi connectivity index (χ3v) is 3.25. The number of benzene rings is 1. The summed E-state index contributed by atoms with van der Waals surface area (Å²) in [7, 11) is 2.01. The molecule has 0 saturated heterocycles. The fourth-order valence-electron chi connectivity index (χ4n) is 2.18. The lowest BCUT2D eigenvalue weighted by molar-refractivity contribution is 0.139. The van der Waals surface area contributed by atoms with Crippen molar-refractivity contribution in [2.45, 2.75) is 26.2 Å². The SMILES string of the molecule is CCOCCCC(CNC)Cc1cccc(Cl)c1. The lowest BCUT2D eigenvalue weighted by atomic mass is 9.95. The first-order chi connectivity index (χ1) is 8.76. The zero-order chi connectivity index (χ0) is 13.2. The molecule has 0 aromatic heterocycles. The largest absolute Gasteiger partial charge is 0.382 e. The van der Waals surface area contributed by atoms with Crippen LogP contribution in [0.5, 0.6) is 0 Å². The van der Waals surface area contributed by atoms with Crippen LogP contribution in [0.4, 0.5) is 0 Å². The predicted octanol–water partition coefficient (Wildman–Crippen LogP) is 3.53. The Labute approximate surface area is 116 Å². The third kappa shape index (κ3) is 6.39. The van der Waals surface area contributed by atoms with E-state index >= 15 is 0 Å². The Balaban J connectivity index is 2.41. The van der Waals surface area contributed by atoms with Gasteiger partial charge in [-0.05, 0) is 63.4 Å². The Morgan fingerprint density at radius 1 is 1.39 bits per heavy atom. The van der Waals surface area contributed by atoms with Gasteiger partial charge in [-0.2, -0.15) is 0 Å². The average Bonchev–Trinajstić information content (AvgIpc) is 2.35. The van der Waals surface area contributed by atoms with E-state index in [9.17, 15) is 0 Å². The highest BCUT2D eigenvalue weighted by atomic mass is 35.5. The topological polar surface area (TPSA) is 21.3 Å². The second-order valence-electron chi connectivity index (χ2n) is 4.60. The summed E-state index contributed by atoms with van der Waals surface area (Å²) >= 11 is 6.02. The van der Waals surface area contributed by atoms with Crippen LogP contribution in [-0.4, -0.2) is 26.8 Å². The maximum atomic E-state index is 6.02. The lowest BCUT2D eigenvalue weighted by Gasteiger charge is -2.16. The average molecular weight is 270 g/mol. The van der Waals surface area contributed by atoms with Gasteiger partial charge in [0.25, 0.3) is 0 Å². The van der Waals surface area contributed by atoms with Crippen molar-refractivity contribution in [2.75, 3.05) is 26.8 Å². The minimum atomic E-state index is 0.647. The molecule has 0 aliphatic heterocycles. The van der Waals surface area contributed by atoms with Crippen molar-refractivity contribution in [3.05, 3.63) is 34.9 Å². The molecular weight excluding hydrogens is 246 g/mol. The molecule has 0 amide bonds. The highest BCUT2D eigenvalue weighted by Crippen LogP contribution is 2.17. The maximum Gasteiger partial charge on any atom is 0.0466 e. The van der Waals surface area contributed by atoms with Gasteiger partial charge in [-0.25, -0.2) is 0 Å². The highest BCUT2D eigenvalue weighted by Gasteiger charge is 2.09. The molecule has 0 heterocycles. The Morgan fingerprint density at radius 3 is 2.89 bits per heavy atom. The van der Waals surface area contributed by atoms with Gasteiger partial charge >= 0.3 is 0 Å². The van der Waals surface area contributed by atoms with E-state index in [-0.39, 0.29) is 0 Å². The molecule has 3 heteroatoms. The first-order valence-electron chi connectivity index (χ1n) is 6.73. The monoisotopic (exact) mass is 269 g/mol. The molecule has 0 fully saturated rings. The number of rotatable bonds is 9. The summed E-state index contributed by atoms with van der Waals surface area (Å²) in [6.45, 7) is 4.76. The van der Waals surface area contributed by atoms with E-state index in [0.717, 1.165) is 37.6 Å². The molecule has 0 saturated carbocycles. The number of nitrogens with one attached hydrogen (secondary N) is 1. The fourth-order valence-corrected chi connectivity index (χ4v) is 2.39. The second kappa shape index (κ2) is 9.37. The molecule has 0 aliphatic carbocycles. The van der Waals surface area contributed by atoms with Gasteiger partial charge < -0.3 is 10.1 Å².